The van der Waals surface area contributed by atoms with Gasteiger partial charge in [-0.15, -0.1) is 22.7 Å². The molecule has 1 aliphatic rings. The molecule has 0 fully saturated rings. The monoisotopic (exact) mass is 306 g/mol. The van der Waals surface area contributed by atoms with E-state index in [1.54, 1.807) is 24.4 Å². The minimum atomic E-state index is -0.478. The quantitative estimate of drug-likeness (QED) is 0.683. The maximum absolute atomic E-state index is 12.3. The Balaban J connectivity index is 2.09. The topological polar surface area (TPSA) is 60.4 Å². The molecule has 0 saturated carbocycles. The van der Waals surface area contributed by atoms with Gasteiger partial charge in [0, 0.05) is 16.0 Å². The highest BCUT2D eigenvalue weighted by Gasteiger charge is 2.34. The fourth-order valence-electron chi connectivity index (χ4n) is 2.16. The van der Waals surface area contributed by atoms with Crippen molar-refractivity contribution < 1.29 is 19.1 Å². The van der Waals surface area contributed by atoms with E-state index in [1.165, 1.54) is 29.8 Å². The van der Waals surface area contributed by atoms with Crippen LogP contribution in [0.2, 0.25) is 0 Å². The third-order valence-corrected chi connectivity index (χ3v) is 5.53. The molecule has 4 nitrogen and oxygen atoms in total. The summed E-state index contributed by atoms with van der Waals surface area (Å²) >= 11 is 2.47. The molecule has 6 heteroatoms. The first kappa shape index (κ1) is 13.2. The Bertz CT molecular complexity index is 690. The molecule has 3 rings (SSSR count). The SMILES string of the molecule is COC(=O)C(C)c1cc2c(s1)C(=O)c1ccsc1C2=O. The molecule has 0 aliphatic heterocycles. The number of rotatable bonds is 2. The number of methoxy groups -OCH3 is 1. The maximum atomic E-state index is 12.3. The van der Waals surface area contributed by atoms with Crippen molar-refractivity contribution in [3.05, 3.63) is 43.3 Å². The molecule has 1 unspecified atom stereocenters. The van der Waals surface area contributed by atoms with Gasteiger partial charge in [0.15, 0.2) is 0 Å². The van der Waals surface area contributed by atoms with Crippen LogP contribution in [0.5, 0.6) is 0 Å². The summed E-state index contributed by atoms with van der Waals surface area (Å²) in [6.07, 6.45) is 0. The number of thiophene rings is 2. The van der Waals surface area contributed by atoms with Crippen molar-refractivity contribution in [2.45, 2.75) is 12.8 Å². The standard InChI is InChI=1S/C14H10O4S2/c1-6(14(17)18-2)9-5-8-11(16)12-7(3-4-19-12)10(15)13(8)20-9/h3-6H,1-2H3. The fraction of sp³-hybridized carbons (Fsp3) is 0.214. The van der Waals surface area contributed by atoms with E-state index < -0.39 is 5.92 Å². The van der Waals surface area contributed by atoms with Crippen LogP contribution in [0, 0.1) is 0 Å². The molecule has 0 radical (unpaired) electrons. The van der Waals surface area contributed by atoms with Gasteiger partial charge in [-0.1, -0.05) is 0 Å². The summed E-state index contributed by atoms with van der Waals surface area (Å²) < 4.78 is 4.70. The zero-order chi connectivity index (χ0) is 14.4. The van der Waals surface area contributed by atoms with E-state index in [0.29, 0.717) is 25.8 Å². The third-order valence-electron chi connectivity index (χ3n) is 3.30. The minimum absolute atomic E-state index is 0.135. The van der Waals surface area contributed by atoms with Crippen LogP contribution < -0.4 is 0 Å². The molecule has 0 bridgehead atoms. The molecule has 0 aromatic carbocycles. The van der Waals surface area contributed by atoms with Crippen LogP contribution in [0.15, 0.2) is 17.5 Å². The molecule has 102 valence electrons. The number of carbonyl (C=O) groups is 3. The van der Waals surface area contributed by atoms with Gasteiger partial charge in [0.1, 0.15) is 0 Å². The van der Waals surface area contributed by atoms with E-state index in [-0.39, 0.29) is 17.5 Å². The number of hydrogen-bond donors (Lipinski definition) is 0. The molecule has 0 N–H and O–H groups in total. The number of carbonyl (C=O) groups excluding carboxylic acids is 3. The van der Waals surface area contributed by atoms with Gasteiger partial charge >= 0.3 is 5.97 Å². The average Bonchev–Trinajstić information content (AvgIpc) is 3.09. The van der Waals surface area contributed by atoms with E-state index in [1.807, 2.05) is 0 Å². The Morgan fingerprint density at radius 2 is 1.90 bits per heavy atom. The van der Waals surface area contributed by atoms with Crippen LogP contribution in [0.1, 0.15) is 48.2 Å². The van der Waals surface area contributed by atoms with Gasteiger partial charge in [-0.3, -0.25) is 14.4 Å². The normalized spacial score (nSPS) is 14.7. The number of ketones is 2. The van der Waals surface area contributed by atoms with Gasteiger partial charge < -0.3 is 4.74 Å². The molecule has 20 heavy (non-hydrogen) atoms. The Morgan fingerprint density at radius 3 is 2.60 bits per heavy atom. The first-order valence-electron chi connectivity index (χ1n) is 5.93. The lowest BCUT2D eigenvalue weighted by molar-refractivity contribution is -0.141. The van der Waals surface area contributed by atoms with Crippen molar-refractivity contribution in [2.24, 2.45) is 0 Å². The lowest BCUT2D eigenvalue weighted by atomic mass is 9.95. The zero-order valence-corrected chi connectivity index (χ0v) is 12.4. The van der Waals surface area contributed by atoms with Crippen molar-refractivity contribution in [3.8, 4) is 0 Å². The molecule has 2 heterocycles. The first-order valence-corrected chi connectivity index (χ1v) is 7.62. The van der Waals surface area contributed by atoms with Crippen molar-refractivity contribution in [3.63, 3.8) is 0 Å². The fourth-order valence-corrected chi connectivity index (χ4v) is 4.16. The van der Waals surface area contributed by atoms with E-state index in [4.69, 9.17) is 4.74 Å². The second-order valence-corrected chi connectivity index (χ2v) is 6.46. The van der Waals surface area contributed by atoms with Crippen LogP contribution in [0.25, 0.3) is 0 Å². The number of esters is 1. The van der Waals surface area contributed by atoms with Crippen molar-refractivity contribution in [1.29, 1.82) is 0 Å². The van der Waals surface area contributed by atoms with Gasteiger partial charge in [0.05, 0.1) is 22.8 Å². The molecule has 2 aromatic rings. The zero-order valence-electron chi connectivity index (χ0n) is 10.8. The second-order valence-electron chi connectivity index (χ2n) is 4.46. The van der Waals surface area contributed by atoms with Gasteiger partial charge in [0.2, 0.25) is 11.6 Å². The van der Waals surface area contributed by atoms with Gasteiger partial charge in [0.25, 0.3) is 0 Å². The van der Waals surface area contributed by atoms with E-state index in [2.05, 4.69) is 0 Å². The van der Waals surface area contributed by atoms with Crippen molar-refractivity contribution in [2.75, 3.05) is 7.11 Å². The molecule has 0 spiro atoms. The van der Waals surface area contributed by atoms with Gasteiger partial charge in [-0.25, -0.2) is 0 Å². The first-order chi connectivity index (χ1) is 9.54. The molecular weight excluding hydrogens is 296 g/mol. The third kappa shape index (κ3) is 1.76. The predicted octanol–water partition coefficient (Wildman–Crippen LogP) is 2.86. The molecular formula is C14H10O4S2. The second kappa shape index (κ2) is 4.64. The number of fused-ring (bicyclic) bond motifs is 2. The summed E-state index contributed by atoms with van der Waals surface area (Å²) in [5.74, 6) is -1.12. The Hall–Kier alpha value is -1.79. The average molecular weight is 306 g/mol. The van der Waals surface area contributed by atoms with Gasteiger partial charge in [-0.2, -0.15) is 0 Å². The summed E-state index contributed by atoms with van der Waals surface area (Å²) in [4.78, 5) is 37.8. The molecule has 1 aliphatic carbocycles. The van der Waals surface area contributed by atoms with Crippen molar-refractivity contribution in [1.82, 2.24) is 0 Å². The summed E-state index contributed by atoms with van der Waals surface area (Å²) in [5.41, 5.74) is 0.868. The summed E-state index contributed by atoms with van der Waals surface area (Å²) in [7, 11) is 1.32. The van der Waals surface area contributed by atoms with Crippen LogP contribution in [-0.2, 0) is 9.53 Å². The highest BCUT2D eigenvalue weighted by atomic mass is 32.1. The van der Waals surface area contributed by atoms with Gasteiger partial charge in [-0.05, 0) is 24.4 Å². The highest BCUT2D eigenvalue weighted by Crippen LogP contribution is 2.38. The summed E-state index contributed by atoms with van der Waals surface area (Å²) in [6, 6.07) is 3.32. The van der Waals surface area contributed by atoms with Crippen LogP contribution in [-0.4, -0.2) is 24.6 Å². The Kier molecular flexibility index (Phi) is 3.07. The van der Waals surface area contributed by atoms with E-state index >= 15 is 0 Å². The van der Waals surface area contributed by atoms with Crippen LogP contribution in [0.3, 0.4) is 0 Å². The number of hydrogen-bond acceptors (Lipinski definition) is 6. The van der Waals surface area contributed by atoms with Crippen LogP contribution >= 0.6 is 22.7 Å². The minimum Gasteiger partial charge on any atom is -0.469 e. The number of ether oxygens (including phenoxy) is 1. The molecule has 0 saturated heterocycles. The highest BCUT2D eigenvalue weighted by molar-refractivity contribution is 7.16. The van der Waals surface area contributed by atoms with Crippen molar-refractivity contribution >= 4 is 40.2 Å². The molecule has 1 atom stereocenters. The molecule has 0 amide bonds. The smallest absolute Gasteiger partial charge is 0.313 e. The van der Waals surface area contributed by atoms with E-state index in [0.717, 1.165) is 0 Å². The lowest BCUT2D eigenvalue weighted by Gasteiger charge is -2.08. The Labute approximate surface area is 123 Å². The largest absolute Gasteiger partial charge is 0.469 e. The maximum Gasteiger partial charge on any atom is 0.313 e. The lowest BCUT2D eigenvalue weighted by Crippen LogP contribution is -2.15. The summed E-state index contributed by atoms with van der Waals surface area (Å²) in [5, 5.41) is 1.75. The Morgan fingerprint density at radius 1 is 1.20 bits per heavy atom. The van der Waals surface area contributed by atoms with Crippen LogP contribution in [0.4, 0.5) is 0 Å². The predicted molar refractivity (Wildman–Crippen MR) is 75.9 cm³/mol. The summed E-state index contributed by atoms with van der Waals surface area (Å²) in [6.45, 7) is 1.70. The molecule has 2 aromatic heterocycles. The van der Waals surface area contributed by atoms with E-state index in [9.17, 15) is 14.4 Å².